The van der Waals surface area contributed by atoms with E-state index < -0.39 is 5.97 Å². The summed E-state index contributed by atoms with van der Waals surface area (Å²) in [4.78, 5) is 32.7. The zero-order chi connectivity index (χ0) is 18.5. The molecule has 1 amide bonds. The predicted molar refractivity (Wildman–Crippen MR) is 100 cm³/mol. The van der Waals surface area contributed by atoms with Crippen LogP contribution in [0.5, 0.6) is 0 Å². The van der Waals surface area contributed by atoms with Gasteiger partial charge >= 0.3 is 5.97 Å². The first-order valence-electron chi connectivity index (χ1n) is 7.91. The molecule has 0 spiro atoms. The average molecular weight is 367 g/mol. The van der Waals surface area contributed by atoms with Gasteiger partial charge in [0.15, 0.2) is 0 Å². The summed E-state index contributed by atoms with van der Waals surface area (Å²) in [7, 11) is 1.33. The normalized spacial score (nSPS) is 10.4. The third kappa shape index (κ3) is 3.94. The first-order valence-corrected chi connectivity index (χ1v) is 8.79. The van der Waals surface area contributed by atoms with Crippen LogP contribution in [-0.4, -0.2) is 29.0 Å². The molecular weight excluding hydrogens is 350 g/mol. The summed E-state index contributed by atoms with van der Waals surface area (Å²) in [5.41, 5.74) is 3.29. The molecule has 1 N–H and O–H groups in total. The quantitative estimate of drug-likeness (QED) is 0.698. The van der Waals surface area contributed by atoms with Crippen molar-refractivity contribution < 1.29 is 14.3 Å². The van der Waals surface area contributed by atoms with E-state index in [4.69, 9.17) is 4.74 Å². The zero-order valence-corrected chi connectivity index (χ0v) is 15.2. The van der Waals surface area contributed by atoms with Crippen molar-refractivity contribution in [2.24, 2.45) is 0 Å². The van der Waals surface area contributed by atoms with Gasteiger partial charge in [-0.3, -0.25) is 9.78 Å². The van der Waals surface area contributed by atoms with Crippen LogP contribution in [-0.2, 0) is 16.0 Å². The van der Waals surface area contributed by atoms with Crippen LogP contribution in [0.1, 0.15) is 21.6 Å². The van der Waals surface area contributed by atoms with E-state index in [9.17, 15) is 9.59 Å². The number of anilines is 1. The van der Waals surface area contributed by atoms with E-state index in [-0.39, 0.29) is 12.3 Å². The average Bonchev–Trinajstić information content (AvgIpc) is 3.12. The lowest BCUT2D eigenvalue weighted by Crippen LogP contribution is -2.16. The van der Waals surface area contributed by atoms with E-state index in [1.54, 1.807) is 37.5 Å². The summed E-state index contributed by atoms with van der Waals surface area (Å²) in [5, 5.41) is 5.52. The zero-order valence-electron chi connectivity index (χ0n) is 14.4. The number of esters is 1. The standard InChI is InChI=1S/C19H17N3O3S/c1-12-15(19(24)25-2)6-3-7-16(12)22-17(23)9-14-11-26-18(21-14)13-5-4-8-20-10-13/h3-8,10-11H,9H2,1-2H3,(H,22,23). The summed E-state index contributed by atoms with van der Waals surface area (Å²) in [5.74, 6) is -0.627. The van der Waals surface area contributed by atoms with Crippen molar-refractivity contribution in [1.82, 2.24) is 9.97 Å². The second-order valence-electron chi connectivity index (χ2n) is 5.58. The Balaban J connectivity index is 1.70. The highest BCUT2D eigenvalue weighted by Gasteiger charge is 2.14. The molecule has 3 aromatic rings. The molecule has 3 rings (SSSR count). The van der Waals surface area contributed by atoms with Crippen LogP contribution in [0.3, 0.4) is 0 Å². The van der Waals surface area contributed by atoms with Crippen molar-refractivity contribution in [3.05, 3.63) is 64.9 Å². The van der Waals surface area contributed by atoms with Crippen molar-refractivity contribution in [3.8, 4) is 10.6 Å². The fourth-order valence-electron chi connectivity index (χ4n) is 2.47. The maximum Gasteiger partial charge on any atom is 0.338 e. The Morgan fingerprint density at radius 1 is 1.23 bits per heavy atom. The van der Waals surface area contributed by atoms with Crippen LogP contribution in [0, 0.1) is 6.92 Å². The molecule has 0 atom stereocenters. The predicted octanol–water partition coefficient (Wildman–Crippen LogP) is 3.48. The van der Waals surface area contributed by atoms with Gasteiger partial charge in [0, 0.05) is 29.0 Å². The first kappa shape index (κ1) is 17.8. The van der Waals surface area contributed by atoms with E-state index in [0.717, 1.165) is 10.6 Å². The number of pyridine rings is 1. The van der Waals surface area contributed by atoms with Gasteiger partial charge in [0.1, 0.15) is 5.01 Å². The van der Waals surface area contributed by atoms with Gasteiger partial charge in [-0.1, -0.05) is 6.07 Å². The number of hydrogen-bond donors (Lipinski definition) is 1. The van der Waals surface area contributed by atoms with Crippen LogP contribution < -0.4 is 5.32 Å². The fraction of sp³-hybridized carbons (Fsp3) is 0.158. The largest absolute Gasteiger partial charge is 0.465 e. The van der Waals surface area contributed by atoms with Gasteiger partial charge in [-0.05, 0) is 36.8 Å². The second-order valence-corrected chi connectivity index (χ2v) is 6.44. The van der Waals surface area contributed by atoms with E-state index in [0.29, 0.717) is 22.5 Å². The van der Waals surface area contributed by atoms with Crippen molar-refractivity contribution >= 4 is 28.9 Å². The topological polar surface area (TPSA) is 81.2 Å². The number of carbonyl (C=O) groups excluding carboxylic acids is 2. The minimum Gasteiger partial charge on any atom is -0.465 e. The van der Waals surface area contributed by atoms with Gasteiger partial charge in [0.25, 0.3) is 0 Å². The fourth-order valence-corrected chi connectivity index (χ4v) is 3.28. The molecule has 0 aliphatic rings. The van der Waals surface area contributed by atoms with Crippen molar-refractivity contribution in [2.75, 3.05) is 12.4 Å². The summed E-state index contributed by atoms with van der Waals surface area (Å²) in [6.45, 7) is 1.77. The highest BCUT2D eigenvalue weighted by molar-refractivity contribution is 7.13. The van der Waals surface area contributed by atoms with Crippen molar-refractivity contribution in [1.29, 1.82) is 0 Å². The van der Waals surface area contributed by atoms with Gasteiger partial charge in [-0.25, -0.2) is 9.78 Å². The highest BCUT2D eigenvalue weighted by Crippen LogP contribution is 2.23. The number of thiazole rings is 1. The monoisotopic (exact) mass is 367 g/mol. The molecule has 0 unspecified atom stereocenters. The van der Waals surface area contributed by atoms with Gasteiger partial charge in [0.05, 0.1) is 24.8 Å². The van der Waals surface area contributed by atoms with Crippen LogP contribution in [0.25, 0.3) is 10.6 Å². The molecule has 132 valence electrons. The van der Waals surface area contributed by atoms with Gasteiger partial charge in [-0.2, -0.15) is 0 Å². The Morgan fingerprint density at radius 2 is 2.08 bits per heavy atom. The molecule has 0 aliphatic carbocycles. The minimum atomic E-state index is -0.431. The maximum atomic E-state index is 12.4. The number of benzene rings is 1. The summed E-state index contributed by atoms with van der Waals surface area (Å²) in [6.07, 6.45) is 3.60. The van der Waals surface area contributed by atoms with Crippen molar-refractivity contribution in [3.63, 3.8) is 0 Å². The number of nitrogens with one attached hydrogen (secondary N) is 1. The Hall–Kier alpha value is -3.06. The maximum absolute atomic E-state index is 12.4. The van der Waals surface area contributed by atoms with E-state index in [2.05, 4.69) is 15.3 Å². The molecular formula is C19H17N3O3S. The Kier molecular flexibility index (Phi) is 5.38. The SMILES string of the molecule is COC(=O)c1cccc(NC(=O)Cc2csc(-c3cccnc3)n2)c1C. The number of rotatable bonds is 5. The molecule has 1 aromatic carbocycles. The number of carbonyl (C=O) groups is 2. The lowest BCUT2D eigenvalue weighted by molar-refractivity contribution is -0.115. The molecule has 0 saturated carbocycles. The van der Waals surface area contributed by atoms with E-state index >= 15 is 0 Å². The minimum absolute atomic E-state index is 0.151. The van der Waals surface area contributed by atoms with Gasteiger partial charge < -0.3 is 10.1 Å². The lowest BCUT2D eigenvalue weighted by atomic mass is 10.1. The summed E-state index contributed by atoms with van der Waals surface area (Å²) < 4.78 is 4.75. The Bertz CT molecular complexity index is 938. The smallest absolute Gasteiger partial charge is 0.338 e. The molecule has 7 heteroatoms. The molecule has 0 fully saturated rings. The molecule has 2 aromatic heterocycles. The molecule has 2 heterocycles. The third-order valence-corrected chi connectivity index (χ3v) is 4.76. The summed E-state index contributed by atoms with van der Waals surface area (Å²) in [6, 6.07) is 8.90. The van der Waals surface area contributed by atoms with Gasteiger partial charge in [-0.15, -0.1) is 11.3 Å². The Labute approximate surface area is 154 Å². The number of nitrogens with zero attached hydrogens (tertiary/aromatic N) is 2. The number of ether oxygens (including phenoxy) is 1. The third-order valence-electron chi connectivity index (χ3n) is 3.82. The second kappa shape index (κ2) is 7.88. The molecule has 0 bridgehead atoms. The summed E-state index contributed by atoms with van der Waals surface area (Å²) >= 11 is 1.47. The molecule has 0 saturated heterocycles. The van der Waals surface area contributed by atoms with E-state index in [1.165, 1.54) is 18.4 Å². The molecule has 0 radical (unpaired) electrons. The van der Waals surface area contributed by atoms with Crippen molar-refractivity contribution in [2.45, 2.75) is 13.3 Å². The highest BCUT2D eigenvalue weighted by atomic mass is 32.1. The Morgan fingerprint density at radius 3 is 2.81 bits per heavy atom. The number of hydrogen-bond acceptors (Lipinski definition) is 6. The van der Waals surface area contributed by atoms with Crippen LogP contribution in [0.4, 0.5) is 5.69 Å². The molecule has 6 nitrogen and oxygen atoms in total. The first-order chi connectivity index (χ1) is 12.6. The van der Waals surface area contributed by atoms with Crippen LogP contribution in [0.2, 0.25) is 0 Å². The number of aromatic nitrogens is 2. The van der Waals surface area contributed by atoms with Crippen LogP contribution >= 0.6 is 11.3 Å². The molecule has 0 aliphatic heterocycles. The van der Waals surface area contributed by atoms with E-state index in [1.807, 2.05) is 17.5 Å². The lowest BCUT2D eigenvalue weighted by Gasteiger charge is -2.11. The van der Waals surface area contributed by atoms with Gasteiger partial charge in [0.2, 0.25) is 5.91 Å². The number of methoxy groups -OCH3 is 1. The number of amides is 1. The van der Waals surface area contributed by atoms with Crippen LogP contribution in [0.15, 0.2) is 48.1 Å². The molecule has 26 heavy (non-hydrogen) atoms.